The lowest BCUT2D eigenvalue weighted by atomic mass is 10.1. The number of ether oxygens (including phenoxy) is 2. The van der Waals surface area contributed by atoms with E-state index >= 15 is 0 Å². The monoisotopic (exact) mass is 543 g/mol. The minimum Gasteiger partial charge on any atom is -0.493 e. The fourth-order valence-corrected chi connectivity index (χ4v) is 5.52. The summed E-state index contributed by atoms with van der Waals surface area (Å²) in [4.78, 5) is 28.7. The molecule has 1 saturated heterocycles. The molecule has 1 aliphatic heterocycles. The highest BCUT2D eigenvalue weighted by Gasteiger charge is 2.37. The van der Waals surface area contributed by atoms with E-state index in [1.807, 2.05) is 78.9 Å². The molecule has 2 heterocycles. The van der Waals surface area contributed by atoms with E-state index in [-0.39, 0.29) is 17.2 Å². The average molecular weight is 544 g/mol. The fraction of sp³-hybridized carbons (Fsp3) is 0.138. The van der Waals surface area contributed by atoms with Gasteiger partial charge in [-0.15, -0.1) is 0 Å². The number of para-hydroxylation sites is 1. The summed E-state index contributed by atoms with van der Waals surface area (Å²) in [5.41, 5.74) is 3.08. The average Bonchev–Trinajstić information content (AvgIpc) is 3.33. The first-order chi connectivity index (χ1) is 18.4. The van der Waals surface area contributed by atoms with E-state index in [2.05, 4.69) is 0 Å². The van der Waals surface area contributed by atoms with Crippen molar-refractivity contribution in [1.82, 2.24) is 9.36 Å². The van der Waals surface area contributed by atoms with Gasteiger partial charge in [0.15, 0.2) is 15.8 Å². The largest absolute Gasteiger partial charge is 0.493 e. The van der Waals surface area contributed by atoms with E-state index in [0.29, 0.717) is 38.7 Å². The highest BCUT2D eigenvalue weighted by atomic mass is 32.2. The number of rotatable bonds is 7. The maximum Gasteiger partial charge on any atom is 0.296 e. The molecule has 1 aliphatic rings. The number of carbonyl (C=O) groups is 1. The standard InChI is InChI=1S/C29H25N3O4S2/c1-19-26(28(34)32(30(19)2)22-12-8-5-9-13-22)31-27(33)25(38-29(31)37)17-21-14-15-23(24(16-21)35-3)36-18-20-10-6-4-7-11-20/h4-17H,18H2,1-3H3/b25-17+. The number of anilines is 1. The first kappa shape index (κ1) is 25.6. The van der Waals surface area contributed by atoms with Gasteiger partial charge in [-0.25, -0.2) is 4.68 Å². The molecule has 9 heteroatoms. The van der Waals surface area contributed by atoms with Crippen LogP contribution in [0.4, 0.5) is 5.69 Å². The van der Waals surface area contributed by atoms with Crippen molar-refractivity contribution < 1.29 is 14.3 Å². The number of hydrogen-bond acceptors (Lipinski definition) is 6. The molecule has 192 valence electrons. The second-order valence-electron chi connectivity index (χ2n) is 8.61. The van der Waals surface area contributed by atoms with Crippen LogP contribution in [-0.4, -0.2) is 26.7 Å². The molecule has 0 aliphatic carbocycles. The lowest BCUT2D eigenvalue weighted by Gasteiger charge is -2.12. The molecule has 38 heavy (non-hydrogen) atoms. The van der Waals surface area contributed by atoms with Crippen LogP contribution in [0, 0.1) is 6.92 Å². The van der Waals surface area contributed by atoms with Gasteiger partial charge >= 0.3 is 0 Å². The van der Waals surface area contributed by atoms with Gasteiger partial charge in [0, 0.05) is 7.05 Å². The zero-order valence-corrected chi connectivity index (χ0v) is 22.7. The van der Waals surface area contributed by atoms with Crippen LogP contribution < -0.4 is 19.9 Å². The molecule has 5 rings (SSSR count). The van der Waals surface area contributed by atoms with E-state index < -0.39 is 0 Å². The van der Waals surface area contributed by atoms with Crippen LogP contribution in [0.2, 0.25) is 0 Å². The predicted molar refractivity (Wildman–Crippen MR) is 155 cm³/mol. The van der Waals surface area contributed by atoms with Crippen LogP contribution in [0.5, 0.6) is 11.5 Å². The Balaban J connectivity index is 1.42. The summed E-state index contributed by atoms with van der Waals surface area (Å²) in [7, 11) is 3.36. The summed E-state index contributed by atoms with van der Waals surface area (Å²) >= 11 is 6.72. The molecule has 3 aromatic carbocycles. The van der Waals surface area contributed by atoms with Gasteiger partial charge in [-0.3, -0.25) is 19.2 Å². The second kappa shape index (κ2) is 10.7. The molecule has 7 nitrogen and oxygen atoms in total. The number of carbonyl (C=O) groups excluding carboxylic acids is 1. The van der Waals surface area contributed by atoms with Gasteiger partial charge in [-0.1, -0.05) is 78.6 Å². The SMILES string of the molecule is COc1cc(/C=C2/SC(=S)N(c3c(C)n(C)n(-c4ccccc4)c3=O)C2=O)ccc1OCc1ccccc1. The predicted octanol–water partition coefficient (Wildman–Crippen LogP) is 5.48. The Hall–Kier alpha value is -4.08. The zero-order valence-electron chi connectivity index (χ0n) is 21.1. The van der Waals surface area contributed by atoms with E-state index in [9.17, 15) is 9.59 Å². The van der Waals surface area contributed by atoms with E-state index in [4.69, 9.17) is 21.7 Å². The molecule has 1 amide bonds. The van der Waals surface area contributed by atoms with Gasteiger partial charge in [0.05, 0.1) is 23.4 Å². The van der Waals surface area contributed by atoms with Crippen molar-refractivity contribution in [3.05, 3.63) is 111 Å². The molecule has 1 aromatic heterocycles. The van der Waals surface area contributed by atoms with Crippen molar-refractivity contribution in [2.45, 2.75) is 13.5 Å². The van der Waals surface area contributed by atoms with Gasteiger partial charge in [0.2, 0.25) is 0 Å². The van der Waals surface area contributed by atoms with Crippen LogP contribution in [0.1, 0.15) is 16.8 Å². The minimum atomic E-state index is -0.339. The maximum absolute atomic E-state index is 13.5. The topological polar surface area (TPSA) is 65.7 Å². The van der Waals surface area contributed by atoms with Crippen molar-refractivity contribution in [3.63, 3.8) is 0 Å². The second-order valence-corrected chi connectivity index (χ2v) is 10.3. The summed E-state index contributed by atoms with van der Waals surface area (Å²) in [6.07, 6.45) is 1.75. The first-order valence-electron chi connectivity index (χ1n) is 11.9. The number of methoxy groups -OCH3 is 1. The number of thioether (sulfide) groups is 1. The molecule has 0 spiro atoms. The molecule has 4 aromatic rings. The quantitative estimate of drug-likeness (QED) is 0.227. The summed E-state index contributed by atoms with van der Waals surface area (Å²) in [5, 5.41) is 0. The number of thiocarbonyl (C=S) groups is 1. The minimum absolute atomic E-state index is 0.254. The van der Waals surface area contributed by atoms with Crippen LogP contribution in [0.25, 0.3) is 11.8 Å². The Bertz CT molecular complexity index is 1610. The highest BCUT2D eigenvalue weighted by Crippen LogP contribution is 2.37. The van der Waals surface area contributed by atoms with Crippen LogP contribution in [-0.2, 0) is 18.4 Å². The number of nitrogens with zero attached hydrogens (tertiary/aromatic N) is 3. The Morgan fingerprint density at radius 1 is 0.947 bits per heavy atom. The summed E-state index contributed by atoms with van der Waals surface area (Å²) in [5.74, 6) is 0.812. The van der Waals surface area contributed by atoms with E-state index in [0.717, 1.165) is 22.9 Å². The first-order valence-corrected chi connectivity index (χ1v) is 13.1. The molecule has 1 fully saturated rings. The van der Waals surface area contributed by atoms with Crippen LogP contribution >= 0.6 is 24.0 Å². The third kappa shape index (κ3) is 4.78. The van der Waals surface area contributed by atoms with Crippen LogP contribution in [0.15, 0.2) is 88.6 Å². The van der Waals surface area contributed by atoms with Crippen molar-refractivity contribution in [2.24, 2.45) is 7.05 Å². The van der Waals surface area contributed by atoms with E-state index in [1.54, 1.807) is 31.8 Å². The maximum atomic E-state index is 13.5. The number of aromatic nitrogens is 2. The number of hydrogen-bond donors (Lipinski definition) is 0. The van der Waals surface area contributed by atoms with Gasteiger partial charge in [-0.2, -0.15) is 0 Å². The van der Waals surface area contributed by atoms with Gasteiger partial charge in [0.1, 0.15) is 12.3 Å². The van der Waals surface area contributed by atoms with Gasteiger partial charge < -0.3 is 9.47 Å². The van der Waals surface area contributed by atoms with Gasteiger partial charge in [-0.05, 0) is 48.4 Å². The molecule has 0 N–H and O–H groups in total. The van der Waals surface area contributed by atoms with Crippen molar-refractivity contribution in [1.29, 1.82) is 0 Å². The molecule has 0 saturated carbocycles. The Kier molecular flexibility index (Phi) is 7.22. The number of benzene rings is 3. The summed E-state index contributed by atoms with van der Waals surface area (Å²) < 4.78 is 15.1. The summed E-state index contributed by atoms with van der Waals surface area (Å²) in [6.45, 7) is 2.21. The highest BCUT2D eigenvalue weighted by molar-refractivity contribution is 8.27. The van der Waals surface area contributed by atoms with Crippen molar-refractivity contribution >= 4 is 46.0 Å². The third-order valence-corrected chi connectivity index (χ3v) is 7.57. The van der Waals surface area contributed by atoms with Crippen molar-refractivity contribution in [2.75, 3.05) is 12.0 Å². The fourth-order valence-electron chi connectivity index (χ4n) is 4.25. The van der Waals surface area contributed by atoms with E-state index in [1.165, 1.54) is 9.58 Å². The normalized spacial score (nSPS) is 14.4. The van der Waals surface area contributed by atoms with Gasteiger partial charge in [0.25, 0.3) is 11.5 Å². The lowest BCUT2D eigenvalue weighted by molar-refractivity contribution is -0.113. The Morgan fingerprint density at radius 2 is 1.63 bits per heavy atom. The Morgan fingerprint density at radius 3 is 2.32 bits per heavy atom. The molecular weight excluding hydrogens is 518 g/mol. The smallest absolute Gasteiger partial charge is 0.296 e. The lowest BCUT2D eigenvalue weighted by Crippen LogP contribution is -2.33. The molecule has 0 radical (unpaired) electrons. The van der Waals surface area contributed by atoms with Crippen LogP contribution in [0.3, 0.4) is 0 Å². The third-order valence-electron chi connectivity index (χ3n) is 6.26. The molecule has 0 atom stereocenters. The van der Waals surface area contributed by atoms with Crippen molar-refractivity contribution in [3.8, 4) is 17.2 Å². The molecule has 0 unspecified atom stereocenters. The summed E-state index contributed by atoms with van der Waals surface area (Å²) in [6, 6.07) is 24.6. The number of amides is 1. The zero-order chi connectivity index (χ0) is 26.8. The molecule has 0 bridgehead atoms. The molecular formula is C29H25N3O4S2. The Labute approximate surface area is 229 Å².